The van der Waals surface area contributed by atoms with E-state index >= 15 is 0 Å². The Morgan fingerprint density at radius 3 is 2.95 bits per heavy atom. The van der Waals surface area contributed by atoms with Crippen LogP contribution in [0.1, 0.15) is 33.0 Å². The number of hydrogen-bond donors (Lipinski definition) is 1. The van der Waals surface area contributed by atoms with Crippen LogP contribution in [-0.4, -0.2) is 38.3 Å². The third kappa shape index (κ3) is 3.96. The minimum Gasteiger partial charge on any atom is -0.362 e. The Bertz CT molecular complexity index is 446. The molecule has 0 saturated carbocycles. The lowest BCUT2D eigenvalue weighted by Gasteiger charge is -2.35. The first-order valence-corrected chi connectivity index (χ1v) is 7.72. The number of thioether (sulfide) groups is 1. The highest BCUT2D eigenvalue weighted by Gasteiger charge is 2.28. The van der Waals surface area contributed by atoms with Crippen LogP contribution in [0.5, 0.6) is 0 Å². The molecule has 1 aliphatic heterocycles. The number of aryl methyl sites for hydroxylation is 1. The zero-order valence-electron chi connectivity index (χ0n) is 12.2. The summed E-state index contributed by atoms with van der Waals surface area (Å²) in [7, 11) is 1.96. The van der Waals surface area contributed by atoms with Crippen LogP contribution in [0.25, 0.3) is 0 Å². The summed E-state index contributed by atoms with van der Waals surface area (Å²) < 4.78 is 1.94. The predicted molar refractivity (Wildman–Crippen MR) is 80.5 cm³/mol. The van der Waals surface area contributed by atoms with Crippen LogP contribution in [-0.2, 0) is 13.5 Å². The molecule has 1 unspecified atom stereocenters. The SMILES string of the molecule is Cn1cnnc1CCN=C1NC(C(C)(C)C)CCS1. The zero-order valence-corrected chi connectivity index (χ0v) is 13.0. The van der Waals surface area contributed by atoms with Gasteiger partial charge in [0.05, 0.1) is 0 Å². The average Bonchev–Trinajstić information content (AvgIpc) is 2.75. The minimum absolute atomic E-state index is 0.283. The molecule has 0 aliphatic carbocycles. The smallest absolute Gasteiger partial charge is 0.156 e. The first-order valence-electron chi connectivity index (χ1n) is 6.73. The first-order chi connectivity index (χ1) is 8.97. The minimum atomic E-state index is 0.283. The number of amidine groups is 1. The van der Waals surface area contributed by atoms with Crippen LogP contribution in [0.15, 0.2) is 11.3 Å². The standard InChI is InChI=1S/C13H23N5S/c1-13(2,3)10-6-8-19-12(16-10)14-7-5-11-17-15-9-18(11)4/h9-10H,5-8H2,1-4H3,(H,14,16). The molecule has 2 rings (SSSR count). The molecule has 1 saturated heterocycles. The average molecular weight is 281 g/mol. The largest absolute Gasteiger partial charge is 0.362 e. The fraction of sp³-hybridized carbons (Fsp3) is 0.769. The van der Waals surface area contributed by atoms with Gasteiger partial charge in [-0.1, -0.05) is 32.5 Å². The summed E-state index contributed by atoms with van der Waals surface area (Å²) in [6, 6.07) is 0.516. The summed E-state index contributed by atoms with van der Waals surface area (Å²) in [5.74, 6) is 2.13. The fourth-order valence-electron chi connectivity index (χ4n) is 2.07. The predicted octanol–water partition coefficient (Wildman–Crippen LogP) is 1.85. The molecule has 0 spiro atoms. The van der Waals surface area contributed by atoms with Crippen LogP contribution < -0.4 is 5.32 Å². The van der Waals surface area contributed by atoms with Crippen molar-refractivity contribution in [2.45, 2.75) is 39.7 Å². The Labute approximate surface area is 119 Å². The molecule has 2 heterocycles. The Balaban J connectivity index is 1.87. The molecule has 1 aromatic heterocycles. The van der Waals surface area contributed by atoms with Crippen molar-refractivity contribution < 1.29 is 0 Å². The monoisotopic (exact) mass is 281 g/mol. The topological polar surface area (TPSA) is 55.1 Å². The Morgan fingerprint density at radius 2 is 2.32 bits per heavy atom. The second kappa shape index (κ2) is 5.94. The number of aliphatic imine (C=N–C) groups is 1. The molecular weight excluding hydrogens is 258 g/mol. The molecule has 0 aromatic carbocycles. The number of aromatic nitrogens is 3. The summed E-state index contributed by atoms with van der Waals surface area (Å²) in [5.41, 5.74) is 0.283. The molecule has 1 aromatic rings. The number of hydrogen-bond acceptors (Lipinski definition) is 4. The zero-order chi connectivity index (χ0) is 13.9. The van der Waals surface area contributed by atoms with Crippen molar-refractivity contribution in [2.75, 3.05) is 12.3 Å². The van der Waals surface area contributed by atoms with Gasteiger partial charge in [0, 0.05) is 31.8 Å². The van der Waals surface area contributed by atoms with E-state index in [1.807, 2.05) is 23.4 Å². The summed E-state index contributed by atoms with van der Waals surface area (Å²) >= 11 is 1.82. The summed E-state index contributed by atoms with van der Waals surface area (Å²) in [4.78, 5) is 4.65. The number of nitrogens with one attached hydrogen (secondary N) is 1. The van der Waals surface area contributed by atoms with Crippen LogP contribution in [0, 0.1) is 5.41 Å². The van der Waals surface area contributed by atoms with Crippen LogP contribution in [0.3, 0.4) is 0 Å². The third-order valence-corrected chi connectivity index (χ3v) is 4.34. The highest BCUT2D eigenvalue weighted by atomic mass is 32.2. The van der Waals surface area contributed by atoms with Crippen molar-refractivity contribution in [3.63, 3.8) is 0 Å². The Kier molecular flexibility index (Phi) is 4.50. The van der Waals surface area contributed by atoms with Gasteiger partial charge in [0.2, 0.25) is 0 Å². The maximum atomic E-state index is 4.65. The van der Waals surface area contributed by atoms with Crippen molar-refractivity contribution in [3.8, 4) is 0 Å². The lowest BCUT2D eigenvalue weighted by Crippen LogP contribution is -2.46. The van der Waals surface area contributed by atoms with Gasteiger partial charge in [0.1, 0.15) is 12.2 Å². The van der Waals surface area contributed by atoms with E-state index < -0.39 is 0 Å². The Hall–Kier alpha value is -1.04. The third-order valence-electron chi connectivity index (χ3n) is 3.38. The molecule has 1 aliphatic rings. The van der Waals surface area contributed by atoms with Crippen molar-refractivity contribution in [3.05, 3.63) is 12.2 Å². The van der Waals surface area contributed by atoms with Gasteiger partial charge < -0.3 is 9.88 Å². The Morgan fingerprint density at radius 1 is 1.53 bits per heavy atom. The second-order valence-electron chi connectivity index (χ2n) is 6.00. The van der Waals surface area contributed by atoms with Crippen LogP contribution >= 0.6 is 11.8 Å². The van der Waals surface area contributed by atoms with Gasteiger partial charge in [0.15, 0.2) is 5.17 Å². The summed E-state index contributed by atoms with van der Waals surface area (Å²) in [6.07, 6.45) is 3.77. The van der Waals surface area contributed by atoms with E-state index in [1.54, 1.807) is 6.33 Å². The van der Waals surface area contributed by atoms with Crippen molar-refractivity contribution >= 4 is 16.9 Å². The molecule has 0 bridgehead atoms. The van der Waals surface area contributed by atoms with Crippen molar-refractivity contribution in [1.82, 2.24) is 20.1 Å². The molecular formula is C13H23N5S. The molecule has 5 nitrogen and oxygen atoms in total. The maximum Gasteiger partial charge on any atom is 0.156 e. The van der Waals surface area contributed by atoms with E-state index in [2.05, 4.69) is 41.3 Å². The fourth-order valence-corrected chi connectivity index (χ4v) is 3.02. The molecule has 1 atom stereocenters. The van der Waals surface area contributed by atoms with Crippen LogP contribution in [0.2, 0.25) is 0 Å². The number of rotatable bonds is 3. The quantitative estimate of drug-likeness (QED) is 0.919. The van der Waals surface area contributed by atoms with Gasteiger partial charge in [-0.3, -0.25) is 4.99 Å². The highest BCUT2D eigenvalue weighted by Crippen LogP contribution is 2.27. The summed E-state index contributed by atoms with van der Waals surface area (Å²) in [6.45, 7) is 7.59. The van der Waals surface area contributed by atoms with Gasteiger partial charge in [-0.05, 0) is 11.8 Å². The molecule has 106 valence electrons. The van der Waals surface area contributed by atoms with Crippen molar-refractivity contribution in [1.29, 1.82) is 0 Å². The van der Waals surface area contributed by atoms with Gasteiger partial charge in [-0.15, -0.1) is 10.2 Å². The maximum absolute atomic E-state index is 4.65. The lowest BCUT2D eigenvalue weighted by atomic mass is 9.85. The molecule has 0 radical (unpaired) electrons. The van der Waals surface area contributed by atoms with E-state index in [1.165, 1.54) is 6.42 Å². The molecule has 0 amide bonds. The second-order valence-corrected chi connectivity index (χ2v) is 7.08. The van der Waals surface area contributed by atoms with Gasteiger partial charge in [-0.2, -0.15) is 0 Å². The van der Waals surface area contributed by atoms with Crippen LogP contribution in [0.4, 0.5) is 0 Å². The normalized spacial score (nSPS) is 22.5. The highest BCUT2D eigenvalue weighted by molar-refractivity contribution is 8.13. The molecule has 19 heavy (non-hydrogen) atoms. The molecule has 6 heteroatoms. The van der Waals surface area contributed by atoms with Crippen molar-refractivity contribution in [2.24, 2.45) is 17.5 Å². The van der Waals surface area contributed by atoms with E-state index in [9.17, 15) is 0 Å². The van der Waals surface area contributed by atoms with Gasteiger partial charge >= 0.3 is 0 Å². The van der Waals surface area contributed by atoms with E-state index in [0.29, 0.717) is 6.04 Å². The van der Waals surface area contributed by atoms with E-state index in [-0.39, 0.29) is 5.41 Å². The molecule has 1 fully saturated rings. The van der Waals surface area contributed by atoms with E-state index in [0.717, 1.165) is 29.7 Å². The first kappa shape index (κ1) is 14.4. The van der Waals surface area contributed by atoms with E-state index in [4.69, 9.17) is 0 Å². The number of nitrogens with zero attached hydrogens (tertiary/aromatic N) is 4. The summed E-state index contributed by atoms with van der Waals surface area (Å²) in [5, 5.41) is 12.6. The van der Waals surface area contributed by atoms with Gasteiger partial charge in [-0.25, -0.2) is 0 Å². The molecule has 1 N–H and O–H groups in total. The lowest BCUT2D eigenvalue weighted by molar-refractivity contribution is 0.290. The van der Waals surface area contributed by atoms with Gasteiger partial charge in [0.25, 0.3) is 0 Å².